The molecular formula is C14H24N2O2. The number of nitrogens with two attached hydrogens (primary N) is 1. The smallest absolute Gasteiger partial charge is 0.120 e. The highest BCUT2D eigenvalue weighted by molar-refractivity contribution is 5.19. The van der Waals surface area contributed by atoms with Gasteiger partial charge in [0.15, 0.2) is 0 Å². The van der Waals surface area contributed by atoms with Gasteiger partial charge in [-0.2, -0.15) is 0 Å². The summed E-state index contributed by atoms with van der Waals surface area (Å²) in [6.45, 7) is 9.49. The first-order valence-corrected chi connectivity index (χ1v) is 6.78. The van der Waals surface area contributed by atoms with Crippen LogP contribution in [0, 0.1) is 6.92 Å². The standard InChI is InChI=1S/C14H24N2O2/c1-4-12-9-17-11(3)7-16(12)8-13-5-10(2)14(6-15)18-13/h5,11-12H,4,6-9,15H2,1-3H3. The molecule has 18 heavy (non-hydrogen) atoms. The summed E-state index contributed by atoms with van der Waals surface area (Å²) in [5, 5.41) is 0. The molecule has 0 radical (unpaired) electrons. The average molecular weight is 252 g/mol. The zero-order chi connectivity index (χ0) is 13.1. The van der Waals surface area contributed by atoms with E-state index < -0.39 is 0 Å². The van der Waals surface area contributed by atoms with Crippen LogP contribution < -0.4 is 5.73 Å². The molecule has 0 aromatic carbocycles. The molecule has 2 atom stereocenters. The van der Waals surface area contributed by atoms with Crippen LogP contribution in [0.1, 0.15) is 37.4 Å². The van der Waals surface area contributed by atoms with E-state index in [2.05, 4.69) is 31.7 Å². The Morgan fingerprint density at radius 2 is 2.28 bits per heavy atom. The SMILES string of the molecule is CCC1COC(C)CN1Cc1cc(C)c(CN)o1. The summed E-state index contributed by atoms with van der Waals surface area (Å²) in [7, 11) is 0. The van der Waals surface area contributed by atoms with Crippen molar-refractivity contribution in [2.45, 2.75) is 52.4 Å². The summed E-state index contributed by atoms with van der Waals surface area (Å²) < 4.78 is 11.5. The van der Waals surface area contributed by atoms with E-state index in [0.717, 1.165) is 43.2 Å². The van der Waals surface area contributed by atoms with Crippen LogP contribution in [0.4, 0.5) is 0 Å². The lowest BCUT2D eigenvalue weighted by Gasteiger charge is -2.37. The first kappa shape index (κ1) is 13.6. The Kier molecular flexibility index (Phi) is 4.43. The van der Waals surface area contributed by atoms with Gasteiger partial charge in [0.05, 0.1) is 25.8 Å². The predicted molar refractivity (Wildman–Crippen MR) is 71.2 cm³/mol. The number of hydrogen-bond donors (Lipinski definition) is 1. The highest BCUT2D eigenvalue weighted by Crippen LogP contribution is 2.20. The topological polar surface area (TPSA) is 51.6 Å². The Hall–Kier alpha value is -0.840. The van der Waals surface area contributed by atoms with Gasteiger partial charge in [-0.1, -0.05) is 6.92 Å². The quantitative estimate of drug-likeness (QED) is 0.891. The molecule has 2 N–H and O–H groups in total. The van der Waals surface area contributed by atoms with Crippen LogP contribution in [0.15, 0.2) is 10.5 Å². The highest BCUT2D eigenvalue weighted by Gasteiger charge is 2.26. The summed E-state index contributed by atoms with van der Waals surface area (Å²) in [4.78, 5) is 2.45. The van der Waals surface area contributed by atoms with E-state index in [1.54, 1.807) is 0 Å². The van der Waals surface area contributed by atoms with Gasteiger partial charge >= 0.3 is 0 Å². The van der Waals surface area contributed by atoms with E-state index >= 15 is 0 Å². The molecule has 0 aliphatic carbocycles. The first-order chi connectivity index (χ1) is 8.63. The molecule has 2 rings (SSSR count). The molecular weight excluding hydrogens is 228 g/mol. The molecule has 1 fully saturated rings. The Morgan fingerprint density at radius 1 is 1.50 bits per heavy atom. The van der Waals surface area contributed by atoms with Crippen LogP contribution in [-0.2, 0) is 17.8 Å². The molecule has 1 aromatic rings. The van der Waals surface area contributed by atoms with Crippen LogP contribution in [0.3, 0.4) is 0 Å². The molecule has 2 unspecified atom stereocenters. The van der Waals surface area contributed by atoms with Gasteiger partial charge in [-0.25, -0.2) is 0 Å². The van der Waals surface area contributed by atoms with Crippen molar-refractivity contribution in [2.24, 2.45) is 5.73 Å². The van der Waals surface area contributed by atoms with Crippen molar-refractivity contribution >= 4 is 0 Å². The fourth-order valence-corrected chi connectivity index (χ4v) is 2.55. The molecule has 0 amide bonds. The molecule has 0 saturated carbocycles. The van der Waals surface area contributed by atoms with Crippen molar-refractivity contribution in [2.75, 3.05) is 13.2 Å². The van der Waals surface area contributed by atoms with Gasteiger partial charge in [-0.05, 0) is 31.9 Å². The fraction of sp³-hybridized carbons (Fsp3) is 0.714. The summed E-state index contributed by atoms with van der Waals surface area (Å²) in [6.07, 6.45) is 1.41. The first-order valence-electron chi connectivity index (χ1n) is 6.78. The van der Waals surface area contributed by atoms with E-state index in [0.29, 0.717) is 18.7 Å². The van der Waals surface area contributed by atoms with Crippen molar-refractivity contribution in [1.82, 2.24) is 4.90 Å². The molecule has 4 nitrogen and oxygen atoms in total. The molecule has 0 bridgehead atoms. The number of hydrogen-bond acceptors (Lipinski definition) is 4. The molecule has 1 aliphatic heterocycles. The lowest BCUT2D eigenvalue weighted by molar-refractivity contribution is -0.0611. The minimum Gasteiger partial charge on any atom is -0.463 e. The number of morpholine rings is 1. The number of rotatable bonds is 4. The molecule has 102 valence electrons. The third kappa shape index (κ3) is 2.94. The third-order valence-electron chi connectivity index (χ3n) is 3.67. The maximum Gasteiger partial charge on any atom is 0.120 e. The second-order valence-corrected chi connectivity index (χ2v) is 5.16. The average Bonchev–Trinajstić information content (AvgIpc) is 2.70. The normalized spacial score (nSPS) is 25.6. The number of nitrogens with zero attached hydrogens (tertiary/aromatic N) is 1. The highest BCUT2D eigenvalue weighted by atomic mass is 16.5. The van der Waals surface area contributed by atoms with E-state index in [1.807, 2.05) is 0 Å². The molecule has 2 heterocycles. The zero-order valence-electron chi connectivity index (χ0n) is 11.6. The lowest BCUT2D eigenvalue weighted by Crippen LogP contribution is -2.47. The van der Waals surface area contributed by atoms with Gasteiger partial charge in [0.2, 0.25) is 0 Å². The Balaban J connectivity index is 2.05. The van der Waals surface area contributed by atoms with E-state index in [1.165, 1.54) is 0 Å². The molecule has 1 aliphatic rings. The van der Waals surface area contributed by atoms with Crippen molar-refractivity contribution in [3.63, 3.8) is 0 Å². The van der Waals surface area contributed by atoms with E-state index in [9.17, 15) is 0 Å². The van der Waals surface area contributed by atoms with Gasteiger partial charge < -0.3 is 14.9 Å². The van der Waals surface area contributed by atoms with Crippen LogP contribution in [0.5, 0.6) is 0 Å². The Bertz CT molecular complexity index is 389. The molecule has 4 heteroatoms. The van der Waals surface area contributed by atoms with Crippen LogP contribution >= 0.6 is 0 Å². The fourth-order valence-electron chi connectivity index (χ4n) is 2.55. The Morgan fingerprint density at radius 3 is 2.89 bits per heavy atom. The third-order valence-corrected chi connectivity index (χ3v) is 3.67. The molecule has 0 spiro atoms. The van der Waals surface area contributed by atoms with Gasteiger partial charge in [-0.15, -0.1) is 0 Å². The van der Waals surface area contributed by atoms with E-state index in [-0.39, 0.29) is 0 Å². The van der Waals surface area contributed by atoms with Crippen LogP contribution in [0.2, 0.25) is 0 Å². The van der Waals surface area contributed by atoms with Crippen molar-refractivity contribution < 1.29 is 9.15 Å². The predicted octanol–water partition coefficient (Wildman–Crippen LogP) is 2.05. The summed E-state index contributed by atoms with van der Waals surface area (Å²) in [5.41, 5.74) is 6.80. The molecule has 1 aromatic heterocycles. The largest absolute Gasteiger partial charge is 0.463 e. The van der Waals surface area contributed by atoms with Crippen LogP contribution in [-0.4, -0.2) is 30.2 Å². The minimum absolute atomic E-state index is 0.304. The van der Waals surface area contributed by atoms with Crippen molar-refractivity contribution in [3.8, 4) is 0 Å². The van der Waals surface area contributed by atoms with E-state index in [4.69, 9.17) is 14.9 Å². The maximum atomic E-state index is 5.79. The number of ether oxygens (including phenoxy) is 1. The van der Waals surface area contributed by atoms with Gasteiger partial charge in [0.1, 0.15) is 11.5 Å². The maximum absolute atomic E-state index is 5.79. The number of aryl methyl sites for hydroxylation is 1. The number of furan rings is 1. The monoisotopic (exact) mass is 252 g/mol. The van der Waals surface area contributed by atoms with Crippen LogP contribution in [0.25, 0.3) is 0 Å². The lowest BCUT2D eigenvalue weighted by atomic mass is 10.1. The van der Waals surface area contributed by atoms with Gasteiger partial charge in [0, 0.05) is 12.6 Å². The van der Waals surface area contributed by atoms with Crippen molar-refractivity contribution in [3.05, 3.63) is 23.2 Å². The summed E-state index contributed by atoms with van der Waals surface area (Å²) >= 11 is 0. The molecule has 1 saturated heterocycles. The zero-order valence-corrected chi connectivity index (χ0v) is 11.6. The summed E-state index contributed by atoms with van der Waals surface area (Å²) in [5.74, 6) is 1.92. The summed E-state index contributed by atoms with van der Waals surface area (Å²) in [6, 6.07) is 2.60. The second-order valence-electron chi connectivity index (χ2n) is 5.16. The second kappa shape index (κ2) is 5.87. The van der Waals surface area contributed by atoms with Gasteiger partial charge in [0.25, 0.3) is 0 Å². The van der Waals surface area contributed by atoms with Gasteiger partial charge in [-0.3, -0.25) is 4.90 Å². The minimum atomic E-state index is 0.304. The Labute approximate surface area is 109 Å². The van der Waals surface area contributed by atoms with Crippen molar-refractivity contribution in [1.29, 1.82) is 0 Å².